The van der Waals surface area contributed by atoms with Gasteiger partial charge in [0.15, 0.2) is 0 Å². The van der Waals surface area contributed by atoms with Gasteiger partial charge < -0.3 is 10.2 Å². The minimum absolute atomic E-state index is 0.668. The third-order valence-corrected chi connectivity index (χ3v) is 4.22. The number of hydrogen-bond donors (Lipinski definition) is 1. The molecule has 0 amide bonds. The highest BCUT2D eigenvalue weighted by molar-refractivity contribution is 6.30. The number of benzene rings is 1. The Morgan fingerprint density at radius 1 is 1.42 bits per heavy atom. The van der Waals surface area contributed by atoms with E-state index in [1.165, 1.54) is 30.6 Å². The van der Waals surface area contributed by atoms with Crippen molar-refractivity contribution in [3.8, 4) is 0 Å². The van der Waals surface area contributed by atoms with Crippen LogP contribution < -0.4 is 10.2 Å². The predicted molar refractivity (Wildman–Crippen MR) is 84.0 cm³/mol. The first-order valence-electron chi connectivity index (χ1n) is 7.39. The summed E-state index contributed by atoms with van der Waals surface area (Å²) in [4.78, 5) is 2.58. The highest BCUT2D eigenvalue weighted by Crippen LogP contribution is 2.33. The van der Waals surface area contributed by atoms with Crippen LogP contribution in [-0.4, -0.2) is 19.1 Å². The molecule has 3 heteroatoms. The molecule has 1 fully saturated rings. The minimum Gasteiger partial charge on any atom is -0.368 e. The van der Waals surface area contributed by atoms with Crippen molar-refractivity contribution in [2.45, 2.75) is 46.2 Å². The third kappa shape index (κ3) is 3.43. The smallest absolute Gasteiger partial charge is 0.0415 e. The lowest BCUT2D eigenvalue weighted by molar-refractivity contribution is 0.491. The molecule has 2 rings (SSSR count). The molecule has 1 unspecified atom stereocenters. The summed E-state index contributed by atoms with van der Waals surface area (Å²) in [6, 6.07) is 6.98. The lowest BCUT2D eigenvalue weighted by atomic mass is 10.0. The normalized spacial score (nSPS) is 19.4. The van der Waals surface area contributed by atoms with E-state index in [1.807, 2.05) is 6.07 Å². The average molecular weight is 281 g/mol. The van der Waals surface area contributed by atoms with Gasteiger partial charge in [-0.3, -0.25) is 0 Å². The summed E-state index contributed by atoms with van der Waals surface area (Å²) in [5.41, 5.74) is 2.68. The molecule has 1 N–H and O–H groups in total. The molecule has 0 radical (unpaired) electrons. The molecule has 1 atom stereocenters. The Bertz CT molecular complexity index is 417. The molecule has 106 valence electrons. The lowest BCUT2D eigenvalue weighted by Gasteiger charge is -2.31. The maximum Gasteiger partial charge on any atom is 0.0415 e. The first kappa shape index (κ1) is 14.7. The Morgan fingerprint density at radius 2 is 2.21 bits per heavy atom. The second-order valence-electron chi connectivity index (χ2n) is 5.70. The zero-order valence-electron chi connectivity index (χ0n) is 12.2. The number of nitrogens with one attached hydrogen (secondary N) is 1. The maximum absolute atomic E-state index is 6.16. The molecule has 1 heterocycles. The van der Waals surface area contributed by atoms with E-state index >= 15 is 0 Å². The predicted octanol–water partition coefficient (Wildman–Crippen LogP) is 4.07. The van der Waals surface area contributed by atoms with Gasteiger partial charge in [0.25, 0.3) is 0 Å². The number of anilines is 1. The second-order valence-corrected chi connectivity index (χ2v) is 6.14. The van der Waals surface area contributed by atoms with Crippen LogP contribution in [0.15, 0.2) is 18.2 Å². The van der Waals surface area contributed by atoms with Crippen LogP contribution in [0.4, 0.5) is 5.69 Å². The molecule has 2 nitrogen and oxygen atoms in total. The molecule has 1 aromatic rings. The molecule has 19 heavy (non-hydrogen) atoms. The monoisotopic (exact) mass is 280 g/mol. The Balaban J connectivity index is 2.27. The van der Waals surface area contributed by atoms with Gasteiger partial charge in [-0.25, -0.2) is 0 Å². The van der Waals surface area contributed by atoms with Crippen molar-refractivity contribution >= 4 is 17.3 Å². The molecule has 0 bridgehead atoms. The van der Waals surface area contributed by atoms with E-state index < -0.39 is 0 Å². The zero-order chi connectivity index (χ0) is 13.8. The summed E-state index contributed by atoms with van der Waals surface area (Å²) in [6.07, 6.45) is 2.60. The van der Waals surface area contributed by atoms with Crippen LogP contribution in [0.2, 0.25) is 5.02 Å². The summed E-state index contributed by atoms with van der Waals surface area (Å²) in [5.74, 6) is 0.699. The molecule has 1 saturated heterocycles. The van der Waals surface area contributed by atoms with E-state index in [-0.39, 0.29) is 0 Å². The topological polar surface area (TPSA) is 15.3 Å². The van der Waals surface area contributed by atoms with E-state index in [4.69, 9.17) is 11.6 Å². The lowest BCUT2D eigenvalue weighted by Crippen LogP contribution is -2.34. The van der Waals surface area contributed by atoms with Crippen molar-refractivity contribution < 1.29 is 0 Å². The summed E-state index contributed by atoms with van der Waals surface area (Å²) < 4.78 is 0. The Labute approximate surface area is 122 Å². The van der Waals surface area contributed by atoms with E-state index in [9.17, 15) is 0 Å². The minimum atomic E-state index is 0.668. The molecule has 0 saturated carbocycles. The van der Waals surface area contributed by atoms with Crippen LogP contribution in [0, 0.1) is 5.92 Å². The van der Waals surface area contributed by atoms with Crippen molar-refractivity contribution in [1.29, 1.82) is 0 Å². The summed E-state index contributed by atoms with van der Waals surface area (Å²) in [7, 11) is 0. The molecule has 0 aromatic heterocycles. The van der Waals surface area contributed by atoms with Gasteiger partial charge in [0.05, 0.1) is 0 Å². The molecule has 1 aliphatic heterocycles. The van der Waals surface area contributed by atoms with Gasteiger partial charge in [-0.05, 0) is 49.1 Å². The summed E-state index contributed by atoms with van der Waals surface area (Å²) >= 11 is 6.16. The standard InChI is InChI=1S/C16H25ClN2/c1-4-18-11-13-10-14(17)7-8-16(13)19-9-5-6-15(19)12(2)3/h7-8,10,12,15,18H,4-6,9,11H2,1-3H3. The number of nitrogens with zero attached hydrogens (tertiary/aromatic N) is 1. The van der Waals surface area contributed by atoms with Crippen LogP contribution in [0.3, 0.4) is 0 Å². The quantitative estimate of drug-likeness (QED) is 0.874. The number of hydrogen-bond acceptors (Lipinski definition) is 2. The highest BCUT2D eigenvalue weighted by Gasteiger charge is 2.28. The van der Waals surface area contributed by atoms with Gasteiger partial charge in [0.1, 0.15) is 0 Å². The Morgan fingerprint density at radius 3 is 2.89 bits per heavy atom. The third-order valence-electron chi connectivity index (χ3n) is 3.99. The van der Waals surface area contributed by atoms with Gasteiger partial charge in [-0.2, -0.15) is 0 Å². The van der Waals surface area contributed by atoms with Crippen LogP contribution >= 0.6 is 11.6 Å². The Kier molecular flexibility index (Phi) is 5.12. The average Bonchev–Trinajstić information content (AvgIpc) is 2.85. The van der Waals surface area contributed by atoms with Crippen LogP contribution in [0.1, 0.15) is 39.2 Å². The van der Waals surface area contributed by atoms with Crippen molar-refractivity contribution in [2.75, 3.05) is 18.0 Å². The van der Waals surface area contributed by atoms with Gasteiger partial charge in [0, 0.05) is 29.8 Å². The first-order valence-corrected chi connectivity index (χ1v) is 7.77. The molecule has 1 aliphatic rings. The van der Waals surface area contributed by atoms with Crippen molar-refractivity contribution in [3.05, 3.63) is 28.8 Å². The molecular weight excluding hydrogens is 256 g/mol. The van der Waals surface area contributed by atoms with E-state index in [0.29, 0.717) is 12.0 Å². The SMILES string of the molecule is CCNCc1cc(Cl)ccc1N1CCCC1C(C)C. The van der Waals surface area contributed by atoms with Crippen LogP contribution in [0.25, 0.3) is 0 Å². The fraction of sp³-hybridized carbons (Fsp3) is 0.625. The molecule has 0 aliphatic carbocycles. The van der Waals surface area contributed by atoms with Crippen molar-refractivity contribution in [2.24, 2.45) is 5.92 Å². The Hall–Kier alpha value is -0.730. The summed E-state index contributed by atoms with van der Waals surface area (Å²) in [6.45, 7) is 9.83. The largest absolute Gasteiger partial charge is 0.368 e. The van der Waals surface area contributed by atoms with E-state index in [2.05, 4.69) is 43.1 Å². The fourth-order valence-electron chi connectivity index (χ4n) is 3.02. The molecular formula is C16H25ClN2. The van der Waals surface area contributed by atoms with Crippen molar-refractivity contribution in [3.63, 3.8) is 0 Å². The number of halogens is 1. The summed E-state index contributed by atoms with van der Waals surface area (Å²) in [5, 5.41) is 4.24. The van der Waals surface area contributed by atoms with Gasteiger partial charge in [-0.15, -0.1) is 0 Å². The van der Waals surface area contributed by atoms with Crippen molar-refractivity contribution in [1.82, 2.24) is 5.32 Å². The second kappa shape index (κ2) is 6.62. The van der Waals surface area contributed by atoms with Gasteiger partial charge >= 0.3 is 0 Å². The maximum atomic E-state index is 6.16. The van der Waals surface area contributed by atoms with Crippen LogP contribution in [0.5, 0.6) is 0 Å². The highest BCUT2D eigenvalue weighted by atomic mass is 35.5. The zero-order valence-corrected chi connectivity index (χ0v) is 13.0. The fourth-order valence-corrected chi connectivity index (χ4v) is 3.21. The molecule has 1 aromatic carbocycles. The molecule has 0 spiro atoms. The van der Waals surface area contributed by atoms with E-state index in [0.717, 1.165) is 18.1 Å². The first-order chi connectivity index (χ1) is 9.13. The van der Waals surface area contributed by atoms with Gasteiger partial charge in [-0.1, -0.05) is 32.4 Å². The van der Waals surface area contributed by atoms with Gasteiger partial charge in [0.2, 0.25) is 0 Å². The van der Waals surface area contributed by atoms with E-state index in [1.54, 1.807) is 0 Å². The van der Waals surface area contributed by atoms with Crippen LogP contribution in [-0.2, 0) is 6.54 Å². The number of rotatable bonds is 5.